The third-order valence-electron chi connectivity index (χ3n) is 2.38. The molecule has 0 aliphatic rings. The molecule has 0 aliphatic heterocycles. The van der Waals surface area contributed by atoms with Crippen molar-refractivity contribution < 1.29 is 4.42 Å². The molecular weight excluding hydrogens is 220 g/mol. The Bertz CT molecular complexity index is 405. The predicted octanol–water partition coefficient (Wildman–Crippen LogP) is 3.47. The molecule has 0 saturated heterocycles. The first-order chi connectivity index (χ1) is 7.81. The fraction of sp³-hybridized carbons (Fsp3) is 0.417. The van der Waals surface area contributed by atoms with E-state index in [1.165, 1.54) is 4.88 Å². The number of thiazole rings is 1. The second-order valence-electron chi connectivity index (χ2n) is 3.56. The van der Waals surface area contributed by atoms with Crippen molar-refractivity contribution >= 4 is 16.5 Å². The number of nitrogens with one attached hydrogen (secondary N) is 1. The summed E-state index contributed by atoms with van der Waals surface area (Å²) >= 11 is 1.70. The van der Waals surface area contributed by atoms with Gasteiger partial charge in [0.05, 0.1) is 6.54 Å². The average Bonchev–Trinajstić information content (AvgIpc) is 2.95. The van der Waals surface area contributed by atoms with Crippen molar-refractivity contribution in [3.05, 3.63) is 34.7 Å². The number of anilines is 1. The van der Waals surface area contributed by atoms with Crippen molar-refractivity contribution in [3.63, 3.8) is 0 Å². The van der Waals surface area contributed by atoms with Gasteiger partial charge in [-0.15, -0.1) is 11.3 Å². The molecule has 0 spiro atoms. The molecule has 3 nitrogen and oxygen atoms in total. The maximum absolute atomic E-state index is 5.60. The normalized spacial score (nSPS) is 10.6. The molecule has 0 fully saturated rings. The lowest BCUT2D eigenvalue weighted by Crippen LogP contribution is -1.96. The molecule has 2 rings (SSSR count). The Morgan fingerprint density at radius 2 is 2.06 bits per heavy atom. The van der Waals surface area contributed by atoms with Crippen LogP contribution in [0.1, 0.15) is 30.2 Å². The Hall–Kier alpha value is -1.29. The summed E-state index contributed by atoms with van der Waals surface area (Å²) in [4.78, 5) is 5.60. The van der Waals surface area contributed by atoms with E-state index in [0.29, 0.717) is 6.54 Å². The molecule has 0 saturated carbocycles. The maximum atomic E-state index is 5.60. The molecule has 4 heteroatoms. The van der Waals surface area contributed by atoms with E-state index >= 15 is 0 Å². The van der Waals surface area contributed by atoms with Crippen LogP contribution < -0.4 is 5.32 Å². The highest BCUT2D eigenvalue weighted by Crippen LogP contribution is 2.19. The van der Waals surface area contributed by atoms with Gasteiger partial charge in [0.1, 0.15) is 11.5 Å². The zero-order valence-corrected chi connectivity index (χ0v) is 10.4. The van der Waals surface area contributed by atoms with Crippen LogP contribution in [0.5, 0.6) is 0 Å². The van der Waals surface area contributed by atoms with E-state index in [-0.39, 0.29) is 0 Å². The molecular formula is C12H16N2OS. The standard InChI is InChI=1S/C12H16N2OS/c1-3-9-5-6-10(15-9)7-13-12-14-8-11(4-2)16-12/h5-6,8H,3-4,7H2,1-2H3,(H,13,14). The van der Waals surface area contributed by atoms with Gasteiger partial charge in [0, 0.05) is 17.5 Å². The van der Waals surface area contributed by atoms with Crippen molar-refractivity contribution in [2.45, 2.75) is 33.2 Å². The van der Waals surface area contributed by atoms with E-state index in [1.807, 2.05) is 18.3 Å². The van der Waals surface area contributed by atoms with Crippen molar-refractivity contribution in [1.82, 2.24) is 4.98 Å². The first-order valence-corrected chi connectivity index (χ1v) is 6.39. The van der Waals surface area contributed by atoms with E-state index in [2.05, 4.69) is 24.1 Å². The molecule has 2 heterocycles. The van der Waals surface area contributed by atoms with E-state index in [0.717, 1.165) is 29.5 Å². The van der Waals surface area contributed by atoms with Crippen molar-refractivity contribution in [3.8, 4) is 0 Å². The summed E-state index contributed by atoms with van der Waals surface area (Å²) in [6, 6.07) is 4.04. The Morgan fingerprint density at radius 3 is 2.69 bits per heavy atom. The monoisotopic (exact) mass is 236 g/mol. The number of rotatable bonds is 5. The summed E-state index contributed by atoms with van der Waals surface area (Å²) in [7, 11) is 0. The zero-order chi connectivity index (χ0) is 11.4. The van der Waals surface area contributed by atoms with E-state index in [1.54, 1.807) is 11.3 Å². The lowest BCUT2D eigenvalue weighted by Gasteiger charge is -1.98. The quantitative estimate of drug-likeness (QED) is 0.863. The maximum Gasteiger partial charge on any atom is 0.183 e. The summed E-state index contributed by atoms with van der Waals surface area (Å²) in [5.74, 6) is 2.00. The zero-order valence-electron chi connectivity index (χ0n) is 9.62. The third kappa shape index (κ3) is 2.64. The summed E-state index contributed by atoms with van der Waals surface area (Å²) in [6.07, 6.45) is 3.91. The first-order valence-electron chi connectivity index (χ1n) is 5.58. The van der Waals surface area contributed by atoms with Gasteiger partial charge < -0.3 is 9.73 Å². The number of hydrogen-bond donors (Lipinski definition) is 1. The lowest BCUT2D eigenvalue weighted by molar-refractivity contribution is 0.476. The highest BCUT2D eigenvalue weighted by molar-refractivity contribution is 7.15. The van der Waals surface area contributed by atoms with E-state index in [9.17, 15) is 0 Å². The number of hydrogen-bond acceptors (Lipinski definition) is 4. The van der Waals surface area contributed by atoms with Crippen molar-refractivity contribution in [2.75, 3.05) is 5.32 Å². The largest absolute Gasteiger partial charge is 0.464 e. The summed E-state index contributed by atoms with van der Waals surface area (Å²) in [5.41, 5.74) is 0. The lowest BCUT2D eigenvalue weighted by atomic mass is 10.3. The van der Waals surface area contributed by atoms with Crippen LogP contribution in [0.4, 0.5) is 5.13 Å². The van der Waals surface area contributed by atoms with Crippen molar-refractivity contribution in [1.29, 1.82) is 0 Å². The minimum absolute atomic E-state index is 0.705. The minimum atomic E-state index is 0.705. The van der Waals surface area contributed by atoms with Crippen LogP contribution in [0.25, 0.3) is 0 Å². The molecule has 16 heavy (non-hydrogen) atoms. The molecule has 0 bridgehead atoms. The minimum Gasteiger partial charge on any atom is -0.464 e. The molecule has 0 amide bonds. The average molecular weight is 236 g/mol. The Morgan fingerprint density at radius 1 is 1.25 bits per heavy atom. The predicted molar refractivity (Wildman–Crippen MR) is 66.9 cm³/mol. The second kappa shape index (κ2) is 5.16. The van der Waals surface area contributed by atoms with Crippen LogP contribution in [0.3, 0.4) is 0 Å². The van der Waals surface area contributed by atoms with Gasteiger partial charge in [-0.25, -0.2) is 4.98 Å². The third-order valence-corrected chi connectivity index (χ3v) is 3.48. The smallest absolute Gasteiger partial charge is 0.183 e. The van der Waals surface area contributed by atoms with Crippen molar-refractivity contribution in [2.24, 2.45) is 0 Å². The highest BCUT2D eigenvalue weighted by Gasteiger charge is 2.02. The van der Waals surface area contributed by atoms with Crippen LogP contribution in [0.15, 0.2) is 22.7 Å². The summed E-state index contributed by atoms with van der Waals surface area (Å²) < 4.78 is 5.60. The number of aryl methyl sites for hydroxylation is 2. The topological polar surface area (TPSA) is 38.1 Å². The van der Waals surface area contributed by atoms with Gasteiger partial charge >= 0.3 is 0 Å². The fourth-order valence-electron chi connectivity index (χ4n) is 1.42. The molecule has 86 valence electrons. The van der Waals surface area contributed by atoms with Gasteiger partial charge in [-0.05, 0) is 18.6 Å². The number of nitrogens with zero attached hydrogens (tertiary/aromatic N) is 1. The van der Waals surface area contributed by atoms with Crippen LogP contribution >= 0.6 is 11.3 Å². The Kier molecular flexibility index (Phi) is 3.62. The van der Waals surface area contributed by atoms with Gasteiger partial charge in [0.2, 0.25) is 0 Å². The second-order valence-corrected chi connectivity index (χ2v) is 4.68. The Labute approximate surface area is 99.5 Å². The van der Waals surface area contributed by atoms with Gasteiger partial charge in [-0.1, -0.05) is 13.8 Å². The number of aromatic nitrogens is 1. The van der Waals surface area contributed by atoms with E-state index < -0.39 is 0 Å². The first kappa shape index (κ1) is 11.2. The molecule has 0 aromatic carbocycles. The molecule has 1 N–H and O–H groups in total. The van der Waals surface area contributed by atoms with Gasteiger partial charge in [-0.3, -0.25) is 0 Å². The SMILES string of the molecule is CCc1ccc(CNc2ncc(CC)s2)o1. The van der Waals surface area contributed by atoms with Crippen LogP contribution in [0, 0.1) is 0 Å². The molecule has 0 aliphatic carbocycles. The fourth-order valence-corrected chi connectivity index (χ4v) is 2.17. The number of furan rings is 1. The molecule has 0 radical (unpaired) electrons. The van der Waals surface area contributed by atoms with Gasteiger partial charge in [0.15, 0.2) is 5.13 Å². The van der Waals surface area contributed by atoms with Crippen LogP contribution in [0.2, 0.25) is 0 Å². The van der Waals surface area contributed by atoms with Gasteiger partial charge in [-0.2, -0.15) is 0 Å². The molecule has 2 aromatic heterocycles. The molecule has 0 atom stereocenters. The summed E-state index contributed by atoms with van der Waals surface area (Å²) in [6.45, 7) is 4.93. The van der Waals surface area contributed by atoms with Gasteiger partial charge in [0.25, 0.3) is 0 Å². The highest BCUT2D eigenvalue weighted by atomic mass is 32.1. The van der Waals surface area contributed by atoms with E-state index in [4.69, 9.17) is 4.42 Å². The summed E-state index contributed by atoms with van der Waals surface area (Å²) in [5, 5.41) is 4.23. The molecule has 2 aromatic rings. The Balaban J connectivity index is 1.91. The molecule has 0 unspecified atom stereocenters. The van der Waals surface area contributed by atoms with Crippen LogP contribution in [-0.2, 0) is 19.4 Å². The van der Waals surface area contributed by atoms with Crippen LogP contribution in [-0.4, -0.2) is 4.98 Å².